The molecule has 0 spiro atoms. The summed E-state index contributed by atoms with van der Waals surface area (Å²) in [5.74, 6) is 0. The second kappa shape index (κ2) is 5.86. The lowest BCUT2D eigenvalue weighted by molar-refractivity contribution is 0.229. The first-order valence-electron chi connectivity index (χ1n) is 5.57. The van der Waals surface area contributed by atoms with Gasteiger partial charge in [-0.25, -0.2) is 0 Å². The topological polar surface area (TPSA) is 20.2 Å². The van der Waals surface area contributed by atoms with Gasteiger partial charge in [0.25, 0.3) is 0 Å². The molecule has 0 aliphatic carbocycles. The van der Waals surface area contributed by atoms with Gasteiger partial charge in [-0.15, -0.1) is 5.73 Å². The molecule has 0 aliphatic rings. The largest absolute Gasteiger partial charge is 0.384 e. The fourth-order valence-corrected chi connectivity index (χ4v) is 1.53. The minimum Gasteiger partial charge on any atom is -0.384 e. The van der Waals surface area contributed by atoms with E-state index in [9.17, 15) is 5.11 Å². The summed E-state index contributed by atoms with van der Waals surface area (Å²) in [6.07, 6.45) is 2.91. The third-order valence-corrected chi connectivity index (χ3v) is 2.44. The summed E-state index contributed by atoms with van der Waals surface area (Å²) in [4.78, 5) is 0. The van der Waals surface area contributed by atoms with Gasteiger partial charge in [0.1, 0.15) is 6.10 Å². The van der Waals surface area contributed by atoms with Gasteiger partial charge in [0.05, 0.1) is 0 Å². The van der Waals surface area contributed by atoms with Crippen molar-refractivity contribution in [3.05, 3.63) is 83.6 Å². The van der Waals surface area contributed by atoms with Crippen LogP contribution in [0.3, 0.4) is 0 Å². The average molecular weight is 222 g/mol. The lowest BCUT2D eigenvalue weighted by atomic mass is 10.1. The maximum Gasteiger partial charge on any atom is 0.104 e. The van der Waals surface area contributed by atoms with Crippen LogP contribution in [0.4, 0.5) is 0 Å². The summed E-state index contributed by atoms with van der Waals surface area (Å²) in [6, 6.07) is 19.4. The van der Waals surface area contributed by atoms with Crippen molar-refractivity contribution in [2.24, 2.45) is 0 Å². The van der Waals surface area contributed by atoms with Crippen LogP contribution in [0.15, 0.2) is 72.5 Å². The van der Waals surface area contributed by atoms with Crippen molar-refractivity contribution in [2.45, 2.75) is 6.10 Å². The van der Waals surface area contributed by atoms with E-state index in [1.807, 2.05) is 66.7 Å². The van der Waals surface area contributed by atoms with E-state index in [1.165, 1.54) is 0 Å². The highest BCUT2D eigenvalue weighted by Crippen LogP contribution is 2.12. The van der Waals surface area contributed by atoms with Gasteiger partial charge in [-0.3, -0.25) is 0 Å². The minimum atomic E-state index is -0.601. The molecule has 0 heterocycles. The van der Waals surface area contributed by atoms with E-state index in [-0.39, 0.29) is 0 Å². The van der Waals surface area contributed by atoms with Gasteiger partial charge in [-0.05, 0) is 23.3 Å². The van der Waals surface area contributed by atoms with Gasteiger partial charge in [0.15, 0.2) is 0 Å². The highest BCUT2D eigenvalue weighted by Gasteiger charge is 1.99. The van der Waals surface area contributed by atoms with E-state index >= 15 is 0 Å². The van der Waals surface area contributed by atoms with Gasteiger partial charge >= 0.3 is 0 Å². The van der Waals surface area contributed by atoms with E-state index in [0.29, 0.717) is 0 Å². The van der Waals surface area contributed by atoms with Crippen LogP contribution in [-0.4, -0.2) is 5.11 Å². The molecule has 0 fully saturated rings. The zero-order valence-electron chi connectivity index (χ0n) is 9.45. The Labute approximate surface area is 101 Å². The number of hydrogen-bond donors (Lipinski definition) is 1. The lowest BCUT2D eigenvalue weighted by Crippen LogP contribution is -1.90. The van der Waals surface area contributed by atoms with E-state index < -0.39 is 6.10 Å². The first-order chi connectivity index (χ1) is 8.36. The number of hydrogen-bond acceptors (Lipinski definition) is 1. The van der Waals surface area contributed by atoms with E-state index in [4.69, 9.17) is 0 Å². The summed E-state index contributed by atoms with van der Waals surface area (Å²) in [6.45, 7) is 0. The van der Waals surface area contributed by atoms with E-state index in [2.05, 4.69) is 5.73 Å². The molecule has 0 aromatic heterocycles. The molecule has 1 unspecified atom stereocenters. The van der Waals surface area contributed by atoms with Gasteiger partial charge in [0, 0.05) is 0 Å². The molecule has 2 aromatic rings. The third kappa shape index (κ3) is 3.46. The standard InChI is InChI=1S/C16H14O/c17-16(15-11-5-2-6-12-15)13-7-10-14-8-3-1-4-9-14/h1-6,8-13,16-17H. The Bertz CT molecular complexity index is 508. The number of aliphatic hydroxyl groups is 1. The van der Waals surface area contributed by atoms with Crippen molar-refractivity contribution in [1.82, 2.24) is 0 Å². The zero-order valence-corrected chi connectivity index (χ0v) is 9.45. The van der Waals surface area contributed by atoms with Crippen molar-refractivity contribution in [1.29, 1.82) is 0 Å². The Hall–Kier alpha value is -2.08. The van der Waals surface area contributed by atoms with Crippen LogP contribution in [0.2, 0.25) is 0 Å². The van der Waals surface area contributed by atoms with Gasteiger partial charge in [0.2, 0.25) is 0 Å². The van der Waals surface area contributed by atoms with Crippen LogP contribution in [0.1, 0.15) is 17.2 Å². The van der Waals surface area contributed by atoms with Crippen LogP contribution in [-0.2, 0) is 0 Å². The normalized spacial score (nSPS) is 11.4. The highest BCUT2D eigenvalue weighted by molar-refractivity contribution is 5.48. The van der Waals surface area contributed by atoms with Crippen molar-refractivity contribution in [3.8, 4) is 0 Å². The molecule has 84 valence electrons. The van der Waals surface area contributed by atoms with Crippen molar-refractivity contribution in [2.75, 3.05) is 0 Å². The quantitative estimate of drug-likeness (QED) is 0.787. The third-order valence-electron chi connectivity index (χ3n) is 2.44. The molecule has 1 atom stereocenters. The molecule has 0 saturated carbocycles. The van der Waals surface area contributed by atoms with Crippen LogP contribution in [0, 0.1) is 0 Å². The Kier molecular flexibility index (Phi) is 3.93. The average Bonchev–Trinajstić information content (AvgIpc) is 2.41. The molecule has 0 saturated heterocycles. The van der Waals surface area contributed by atoms with Gasteiger partial charge < -0.3 is 5.11 Å². The Morgan fingerprint density at radius 3 is 2.12 bits per heavy atom. The molecule has 17 heavy (non-hydrogen) atoms. The molecule has 0 bridgehead atoms. The Morgan fingerprint density at radius 2 is 1.47 bits per heavy atom. The number of aliphatic hydroxyl groups excluding tert-OH is 1. The number of benzene rings is 2. The summed E-state index contributed by atoms with van der Waals surface area (Å²) >= 11 is 0. The highest BCUT2D eigenvalue weighted by atomic mass is 16.3. The summed E-state index contributed by atoms with van der Waals surface area (Å²) < 4.78 is 0. The molecule has 0 radical (unpaired) electrons. The minimum absolute atomic E-state index is 0.601. The molecule has 2 rings (SSSR count). The predicted octanol–water partition coefficient (Wildman–Crippen LogP) is 3.59. The van der Waals surface area contributed by atoms with Crippen LogP contribution >= 0.6 is 0 Å². The van der Waals surface area contributed by atoms with Crippen LogP contribution in [0.25, 0.3) is 6.08 Å². The molecule has 2 aromatic carbocycles. The summed E-state index contributed by atoms with van der Waals surface area (Å²) in [7, 11) is 0. The van der Waals surface area contributed by atoms with Crippen LogP contribution < -0.4 is 0 Å². The second-order valence-electron chi connectivity index (χ2n) is 3.74. The maximum atomic E-state index is 9.86. The van der Waals surface area contributed by atoms with Crippen molar-refractivity contribution < 1.29 is 5.11 Å². The molecule has 1 N–H and O–H groups in total. The molecular formula is C16H14O. The Balaban J connectivity index is 2.09. The fourth-order valence-electron chi connectivity index (χ4n) is 1.53. The van der Waals surface area contributed by atoms with E-state index in [1.54, 1.807) is 6.08 Å². The number of rotatable bonds is 3. The van der Waals surface area contributed by atoms with Gasteiger partial charge in [-0.1, -0.05) is 60.7 Å². The van der Waals surface area contributed by atoms with Crippen molar-refractivity contribution >= 4 is 6.08 Å². The Morgan fingerprint density at radius 1 is 0.882 bits per heavy atom. The molecule has 0 aliphatic heterocycles. The summed E-state index contributed by atoms with van der Waals surface area (Å²) in [5, 5.41) is 9.86. The summed E-state index contributed by atoms with van der Waals surface area (Å²) in [5.41, 5.74) is 4.95. The molecule has 1 heteroatoms. The molecule has 0 amide bonds. The zero-order chi connectivity index (χ0) is 11.9. The fraction of sp³-hybridized carbons (Fsp3) is 0.0625. The monoisotopic (exact) mass is 222 g/mol. The smallest absolute Gasteiger partial charge is 0.104 e. The molecule has 1 nitrogen and oxygen atoms in total. The second-order valence-corrected chi connectivity index (χ2v) is 3.74. The molecular weight excluding hydrogens is 208 g/mol. The lowest BCUT2D eigenvalue weighted by Gasteiger charge is -2.02. The first-order valence-corrected chi connectivity index (χ1v) is 5.57. The van der Waals surface area contributed by atoms with E-state index in [0.717, 1.165) is 11.1 Å². The SMILES string of the molecule is OC(C=C=Cc1ccccc1)c1ccccc1. The van der Waals surface area contributed by atoms with Crippen LogP contribution in [0.5, 0.6) is 0 Å². The maximum absolute atomic E-state index is 9.86. The van der Waals surface area contributed by atoms with Crippen molar-refractivity contribution in [3.63, 3.8) is 0 Å². The first kappa shape index (κ1) is 11.4. The van der Waals surface area contributed by atoms with Gasteiger partial charge in [-0.2, -0.15) is 0 Å². The predicted molar refractivity (Wildman–Crippen MR) is 70.4 cm³/mol.